The van der Waals surface area contributed by atoms with Gasteiger partial charge in [0.05, 0.1) is 27.5 Å². The van der Waals surface area contributed by atoms with E-state index in [1.165, 1.54) is 21.8 Å². The fraction of sp³-hybridized carbons (Fsp3) is 0.0317. The number of para-hydroxylation sites is 3. The Morgan fingerprint density at radius 3 is 1.67 bits per heavy atom. The third kappa shape index (κ3) is 6.68. The second-order valence-electron chi connectivity index (χ2n) is 17.6. The molecule has 0 aliphatic carbocycles. The van der Waals surface area contributed by atoms with Crippen LogP contribution in [0.15, 0.2) is 229 Å². The summed E-state index contributed by atoms with van der Waals surface area (Å²) >= 11 is 0. The van der Waals surface area contributed by atoms with Crippen molar-refractivity contribution in [1.82, 2.24) is 24.1 Å². The molecule has 6 nitrogen and oxygen atoms in total. The third-order valence-electron chi connectivity index (χ3n) is 13.4. The monoisotopic (exact) mass is 885 g/mol. The van der Waals surface area contributed by atoms with E-state index < -0.39 is 0 Å². The van der Waals surface area contributed by atoms with Crippen molar-refractivity contribution in [3.8, 4) is 62.1 Å². The zero-order valence-electron chi connectivity index (χ0n) is 38.0. The molecule has 9 aromatic carbocycles. The Morgan fingerprint density at radius 2 is 0.971 bits per heavy atom. The van der Waals surface area contributed by atoms with Crippen molar-refractivity contribution in [2.75, 3.05) is 0 Å². The fourth-order valence-corrected chi connectivity index (χ4v) is 10.2. The van der Waals surface area contributed by atoms with Gasteiger partial charge in [-0.2, -0.15) is 0 Å². The van der Waals surface area contributed by atoms with E-state index in [1.54, 1.807) is 0 Å². The Kier molecular flexibility index (Phi) is 9.51. The first kappa shape index (κ1) is 40.2. The van der Waals surface area contributed by atoms with Crippen LogP contribution in [0, 0.1) is 0 Å². The molecule has 0 spiro atoms. The van der Waals surface area contributed by atoms with Crippen LogP contribution in [-0.4, -0.2) is 24.1 Å². The highest BCUT2D eigenvalue weighted by atomic mass is 16.3. The van der Waals surface area contributed by atoms with Gasteiger partial charge in [0, 0.05) is 60.6 Å². The van der Waals surface area contributed by atoms with Crippen LogP contribution >= 0.6 is 0 Å². The van der Waals surface area contributed by atoms with Crippen LogP contribution in [0.1, 0.15) is 13.8 Å². The first-order valence-electron chi connectivity index (χ1n) is 23.4. The maximum absolute atomic E-state index is 6.85. The quantitative estimate of drug-likeness (QED) is 0.143. The van der Waals surface area contributed by atoms with Crippen LogP contribution in [0.2, 0.25) is 0 Å². The minimum atomic E-state index is 0.604. The number of hydrogen-bond acceptors (Lipinski definition) is 4. The van der Waals surface area contributed by atoms with E-state index in [4.69, 9.17) is 19.4 Å². The van der Waals surface area contributed by atoms with E-state index in [1.807, 2.05) is 42.5 Å². The lowest BCUT2D eigenvalue weighted by Crippen LogP contribution is -2.01. The molecule has 0 saturated heterocycles. The van der Waals surface area contributed by atoms with E-state index in [0.717, 1.165) is 94.1 Å². The molecule has 6 heteroatoms. The molecule has 0 amide bonds. The predicted octanol–water partition coefficient (Wildman–Crippen LogP) is 16.7. The van der Waals surface area contributed by atoms with Crippen molar-refractivity contribution < 1.29 is 4.42 Å². The molecular formula is C63H43N5O. The lowest BCUT2D eigenvalue weighted by Gasteiger charge is -2.14. The van der Waals surface area contributed by atoms with E-state index >= 15 is 0 Å². The topological polar surface area (TPSA) is 61.7 Å². The predicted molar refractivity (Wildman–Crippen MR) is 286 cm³/mol. The Labute approximate surface area is 398 Å². The van der Waals surface area contributed by atoms with Gasteiger partial charge in [0.15, 0.2) is 17.5 Å². The highest BCUT2D eigenvalue weighted by Crippen LogP contribution is 2.46. The molecule has 326 valence electrons. The molecule has 69 heavy (non-hydrogen) atoms. The highest BCUT2D eigenvalue weighted by Gasteiger charge is 2.24. The van der Waals surface area contributed by atoms with Gasteiger partial charge in [-0.15, -0.1) is 0 Å². The zero-order chi connectivity index (χ0) is 46.0. The second-order valence-corrected chi connectivity index (χ2v) is 17.6. The summed E-state index contributed by atoms with van der Waals surface area (Å²) < 4.78 is 11.6. The number of aromatic nitrogens is 5. The molecule has 0 unspecified atom stereocenters. The van der Waals surface area contributed by atoms with Gasteiger partial charge in [0.1, 0.15) is 11.2 Å². The molecule has 4 heterocycles. The lowest BCUT2D eigenvalue weighted by molar-refractivity contribution is 0.673. The van der Waals surface area contributed by atoms with Crippen molar-refractivity contribution in [2.45, 2.75) is 13.8 Å². The normalized spacial score (nSPS) is 12.2. The van der Waals surface area contributed by atoms with Crippen molar-refractivity contribution >= 4 is 71.2 Å². The van der Waals surface area contributed by atoms with Crippen LogP contribution < -0.4 is 0 Å². The van der Waals surface area contributed by atoms with Crippen LogP contribution in [-0.2, 0) is 0 Å². The van der Waals surface area contributed by atoms with Crippen molar-refractivity contribution in [1.29, 1.82) is 0 Å². The van der Waals surface area contributed by atoms with Crippen LogP contribution in [0.5, 0.6) is 0 Å². The minimum Gasteiger partial charge on any atom is -0.455 e. The Morgan fingerprint density at radius 1 is 0.449 bits per heavy atom. The average Bonchev–Trinajstić information content (AvgIpc) is 4.08. The van der Waals surface area contributed by atoms with Gasteiger partial charge in [-0.1, -0.05) is 158 Å². The summed E-state index contributed by atoms with van der Waals surface area (Å²) in [5.74, 6) is 1.85. The standard InChI is InChI=1S/C63H43N5O/c1-3-4-17-40(2)67-54-25-14-11-22-48(54)52-38-46(34-37-56(52)67)51-39-53-49-23-13-16-27-57(49)69-60(53)58-50-24-12-15-26-55(50)68(59(51)58)47-35-32-45(33-36-47)63-65-61(43-20-9-6-10-21-43)64-62(66-63)44-30-28-42(29-31-44)41-18-7-5-8-19-41/h3-39H,1-2H3/b4-3-,40-17+. The van der Waals surface area contributed by atoms with Gasteiger partial charge in [-0.05, 0) is 97.3 Å². The van der Waals surface area contributed by atoms with E-state index in [0.29, 0.717) is 17.5 Å². The average molecular weight is 886 g/mol. The summed E-state index contributed by atoms with van der Waals surface area (Å²) in [6.07, 6.45) is 6.35. The zero-order valence-corrected chi connectivity index (χ0v) is 38.0. The Balaban J connectivity index is 1.01. The van der Waals surface area contributed by atoms with Gasteiger partial charge < -0.3 is 13.6 Å². The molecule has 0 fully saturated rings. The number of nitrogens with zero attached hydrogens (tertiary/aromatic N) is 5. The Bertz CT molecular complexity index is 4180. The van der Waals surface area contributed by atoms with E-state index in [2.05, 4.69) is 205 Å². The number of hydrogen-bond donors (Lipinski definition) is 0. The summed E-state index contributed by atoms with van der Waals surface area (Å²) in [4.78, 5) is 15.2. The molecular weight excluding hydrogens is 843 g/mol. The molecule has 0 saturated carbocycles. The third-order valence-corrected chi connectivity index (χ3v) is 13.4. The summed E-state index contributed by atoms with van der Waals surface area (Å²) in [6, 6.07) is 72.7. The van der Waals surface area contributed by atoms with Gasteiger partial charge in [0.25, 0.3) is 0 Å². The molecule has 0 N–H and O–H groups in total. The van der Waals surface area contributed by atoms with Gasteiger partial charge >= 0.3 is 0 Å². The van der Waals surface area contributed by atoms with Crippen LogP contribution in [0.3, 0.4) is 0 Å². The van der Waals surface area contributed by atoms with Crippen LogP contribution in [0.25, 0.3) is 133 Å². The van der Waals surface area contributed by atoms with E-state index in [9.17, 15) is 0 Å². The molecule has 0 bridgehead atoms. The molecule has 0 atom stereocenters. The summed E-state index contributed by atoms with van der Waals surface area (Å²) in [5.41, 5.74) is 15.7. The fourth-order valence-electron chi connectivity index (χ4n) is 10.2. The molecule has 13 aromatic rings. The second kappa shape index (κ2) is 16.3. The number of furan rings is 1. The van der Waals surface area contributed by atoms with E-state index in [-0.39, 0.29) is 0 Å². The van der Waals surface area contributed by atoms with Crippen molar-refractivity contribution in [3.05, 3.63) is 224 Å². The molecule has 0 radical (unpaired) electrons. The number of allylic oxidation sites excluding steroid dienone is 4. The van der Waals surface area contributed by atoms with Crippen LogP contribution in [0.4, 0.5) is 0 Å². The summed E-state index contributed by atoms with van der Waals surface area (Å²) in [6.45, 7) is 4.23. The maximum atomic E-state index is 6.85. The highest BCUT2D eigenvalue weighted by molar-refractivity contribution is 6.27. The van der Waals surface area contributed by atoms with Gasteiger partial charge in [-0.25, -0.2) is 15.0 Å². The SMILES string of the molecule is C/C=C\C=C(/C)n1c2ccccc2c2cc(-c3cc4c5ccccc5oc4c4c5ccccc5n(-c5ccc(-c6nc(-c7ccccc7)nc(-c7ccc(-c8ccccc8)cc7)n6)cc5)c34)ccc21. The van der Waals surface area contributed by atoms with Crippen molar-refractivity contribution in [2.24, 2.45) is 0 Å². The minimum absolute atomic E-state index is 0.604. The molecule has 0 aliphatic heterocycles. The first-order chi connectivity index (χ1) is 34.1. The largest absolute Gasteiger partial charge is 0.455 e. The molecule has 4 aromatic heterocycles. The maximum Gasteiger partial charge on any atom is 0.164 e. The summed E-state index contributed by atoms with van der Waals surface area (Å²) in [5, 5.41) is 6.81. The number of rotatable bonds is 8. The lowest BCUT2D eigenvalue weighted by atomic mass is 9.97. The first-order valence-corrected chi connectivity index (χ1v) is 23.4. The van der Waals surface area contributed by atoms with Gasteiger partial charge in [0.2, 0.25) is 0 Å². The smallest absolute Gasteiger partial charge is 0.164 e. The number of fused-ring (bicyclic) bond motifs is 10. The van der Waals surface area contributed by atoms with Gasteiger partial charge in [-0.3, -0.25) is 0 Å². The van der Waals surface area contributed by atoms with Crippen molar-refractivity contribution in [3.63, 3.8) is 0 Å². The Hall–Kier alpha value is -9.13. The molecule has 13 rings (SSSR count). The summed E-state index contributed by atoms with van der Waals surface area (Å²) in [7, 11) is 0. The molecule has 0 aliphatic rings. The number of benzene rings is 9.